The highest BCUT2D eigenvalue weighted by molar-refractivity contribution is 7.09. The number of fused-ring (bicyclic) bond motifs is 1. The second kappa shape index (κ2) is 7.67. The van der Waals surface area contributed by atoms with Crippen LogP contribution in [0, 0.1) is 6.92 Å². The highest BCUT2D eigenvalue weighted by Gasteiger charge is 2.33. The largest absolute Gasteiger partial charge is 0.497 e. The molecule has 0 bridgehead atoms. The summed E-state index contributed by atoms with van der Waals surface area (Å²) in [6, 6.07) is 12.5. The van der Waals surface area contributed by atoms with Crippen LogP contribution in [0.5, 0.6) is 11.5 Å². The number of ether oxygens (including phenoxy) is 2. The second-order valence-electron chi connectivity index (χ2n) is 6.77. The van der Waals surface area contributed by atoms with Crippen molar-refractivity contribution in [3.8, 4) is 22.8 Å². The van der Waals surface area contributed by atoms with Crippen LogP contribution in [0.25, 0.3) is 11.3 Å². The van der Waals surface area contributed by atoms with Crippen LogP contribution in [0.3, 0.4) is 0 Å². The summed E-state index contributed by atoms with van der Waals surface area (Å²) in [7, 11) is 1.55. The first-order valence-electron chi connectivity index (χ1n) is 9.18. The van der Waals surface area contributed by atoms with Crippen LogP contribution in [-0.2, 0) is 4.79 Å². The molecule has 2 heterocycles. The molecule has 0 saturated heterocycles. The highest BCUT2D eigenvalue weighted by atomic mass is 32.1. The van der Waals surface area contributed by atoms with Gasteiger partial charge in [-0.2, -0.15) is 0 Å². The summed E-state index contributed by atoms with van der Waals surface area (Å²) in [5.41, 5.74) is 2.77. The van der Waals surface area contributed by atoms with E-state index in [1.807, 2.05) is 30.5 Å². The van der Waals surface area contributed by atoms with Gasteiger partial charge in [0, 0.05) is 16.5 Å². The van der Waals surface area contributed by atoms with Crippen LogP contribution in [0.4, 0.5) is 5.69 Å². The van der Waals surface area contributed by atoms with Crippen LogP contribution in [0.15, 0.2) is 47.8 Å². The second-order valence-corrected chi connectivity index (χ2v) is 7.84. The number of nitrogens with zero attached hydrogens (tertiary/aromatic N) is 2. The molecule has 3 aromatic rings. The Morgan fingerprint density at radius 3 is 2.83 bits per heavy atom. The molecule has 0 aliphatic carbocycles. The Morgan fingerprint density at radius 2 is 2.10 bits per heavy atom. The molecule has 0 saturated carbocycles. The van der Waals surface area contributed by atoms with E-state index >= 15 is 0 Å². The maximum absolute atomic E-state index is 12.9. The van der Waals surface area contributed by atoms with Gasteiger partial charge in [0.2, 0.25) is 0 Å². The Balaban J connectivity index is 1.69. The van der Waals surface area contributed by atoms with Gasteiger partial charge in [-0.1, -0.05) is 12.1 Å². The molecule has 7 heteroatoms. The first-order chi connectivity index (χ1) is 14.0. The third-order valence-corrected chi connectivity index (χ3v) is 5.55. The van der Waals surface area contributed by atoms with Gasteiger partial charge in [-0.15, -0.1) is 11.3 Å². The van der Waals surface area contributed by atoms with Gasteiger partial charge in [-0.25, -0.2) is 4.98 Å². The number of aromatic nitrogens is 1. The average molecular weight is 408 g/mol. The molecule has 1 atom stereocenters. The number of carbonyl (C=O) groups excluding carboxylic acids is 2. The summed E-state index contributed by atoms with van der Waals surface area (Å²) < 4.78 is 11.0. The van der Waals surface area contributed by atoms with Crippen molar-refractivity contribution < 1.29 is 19.1 Å². The van der Waals surface area contributed by atoms with Crippen molar-refractivity contribution in [1.82, 2.24) is 4.98 Å². The summed E-state index contributed by atoms with van der Waals surface area (Å²) in [6.07, 6.45) is -0.659. The molecule has 148 valence electrons. The zero-order valence-corrected chi connectivity index (χ0v) is 17.2. The zero-order valence-electron chi connectivity index (χ0n) is 16.3. The van der Waals surface area contributed by atoms with Crippen molar-refractivity contribution >= 4 is 28.7 Å². The smallest absolute Gasteiger partial charge is 0.268 e. The van der Waals surface area contributed by atoms with Crippen LogP contribution in [0.2, 0.25) is 0 Å². The van der Waals surface area contributed by atoms with E-state index in [1.165, 1.54) is 4.90 Å². The maximum atomic E-state index is 12.9. The SMILES string of the molecule is COc1cccc(C(=O)CN2C(=O)C(C)Oc3ccc(-c4csc(C)n4)cc32)c1. The predicted octanol–water partition coefficient (Wildman–Crippen LogP) is 4.12. The molecular weight excluding hydrogens is 388 g/mol. The standard InChI is InChI=1S/C22H20N2O4S/c1-13-22(26)24(11-20(25)16-5-4-6-17(9-16)27-3)19-10-15(7-8-21(19)28-13)18-12-29-14(2)23-18/h4-10,12-13H,11H2,1-3H3. The molecule has 1 unspecified atom stereocenters. The van der Waals surface area contributed by atoms with E-state index in [-0.39, 0.29) is 18.2 Å². The van der Waals surface area contributed by atoms with Crippen LogP contribution in [0.1, 0.15) is 22.3 Å². The van der Waals surface area contributed by atoms with E-state index < -0.39 is 6.10 Å². The van der Waals surface area contributed by atoms with Crippen LogP contribution >= 0.6 is 11.3 Å². The van der Waals surface area contributed by atoms with Gasteiger partial charge in [-0.3, -0.25) is 14.5 Å². The predicted molar refractivity (Wildman–Crippen MR) is 112 cm³/mol. The van der Waals surface area contributed by atoms with E-state index in [4.69, 9.17) is 9.47 Å². The minimum atomic E-state index is -0.659. The molecule has 4 rings (SSSR count). The number of benzene rings is 2. The summed E-state index contributed by atoms with van der Waals surface area (Å²) in [5, 5.41) is 2.93. The van der Waals surface area contributed by atoms with Gasteiger partial charge in [0.1, 0.15) is 11.5 Å². The molecular formula is C22H20N2O4S. The third kappa shape index (κ3) is 3.73. The summed E-state index contributed by atoms with van der Waals surface area (Å²) in [6.45, 7) is 3.55. The Hall–Kier alpha value is -3.19. The minimum Gasteiger partial charge on any atom is -0.497 e. The summed E-state index contributed by atoms with van der Waals surface area (Å²) >= 11 is 1.56. The zero-order chi connectivity index (χ0) is 20.5. The molecule has 6 nitrogen and oxygen atoms in total. The van der Waals surface area contributed by atoms with Crippen molar-refractivity contribution in [1.29, 1.82) is 0 Å². The fourth-order valence-corrected chi connectivity index (χ4v) is 3.88. The Bertz CT molecular complexity index is 1090. The highest BCUT2D eigenvalue weighted by Crippen LogP contribution is 2.38. The first-order valence-corrected chi connectivity index (χ1v) is 10.1. The lowest BCUT2D eigenvalue weighted by Crippen LogP contribution is -2.46. The number of thiazole rings is 1. The molecule has 2 aromatic carbocycles. The topological polar surface area (TPSA) is 68.7 Å². The minimum absolute atomic E-state index is 0.0771. The fraction of sp³-hybridized carbons (Fsp3) is 0.227. The van der Waals surface area contributed by atoms with E-state index in [0.29, 0.717) is 22.7 Å². The monoisotopic (exact) mass is 408 g/mol. The lowest BCUT2D eigenvalue weighted by Gasteiger charge is -2.33. The molecule has 29 heavy (non-hydrogen) atoms. The number of rotatable bonds is 5. The van der Waals surface area contributed by atoms with E-state index in [9.17, 15) is 9.59 Å². The average Bonchev–Trinajstić information content (AvgIpc) is 3.17. The number of amides is 1. The van der Waals surface area contributed by atoms with Gasteiger partial charge in [0.15, 0.2) is 11.9 Å². The number of hydrogen-bond donors (Lipinski definition) is 0. The molecule has 1 aliphatic rings. The fourth-order valence-electron chi connectivity index (χ4n) is 3.26. The molecule has 0 spiro atoms. The molecule has 0 radical (unpaired) electrons. The van der Waals surface area contributed by atoms with Crippen molar-refractivity contribution in [2.75, 3.05) is 18.6 Å². The van der Waals surface area contributed by atoms with Crippen molar-refractivity contribution in [2.24, 2.45) is 0 Å². The Morgan fingerprint density at radius 1 is 1.28 bits per heavy atom. The Kier molecular flexibility index (Phi) is 5.07. The van der Waals surface area contributed by atoms with Crippen molar-refractivity contribution in [2.45, 2.75) is 20.0 Å². The molecule has 1 amide bonds. The van der Waals surface area contributed by atoms with Gasteiger partial charge in [-0.05, 0) is 44.2 Å². The normalized spacial score (nSPS) is 15.6. The molecule has 0 fully saturated rings. The number of methoxy groups -OCH3 is 1. The van der Waals surface area contributed by atoms with Gasteiger partial charge >= 0.3 is 0 Å². The van der Waals surface area contributed by atoms with Crippen molar-refractivity contribution in [3.05, 3.63) is 58.4 Å². The van der Waals surface area contributed by atoms with Gasteiger partial charge in [0.25, 0.3) is 5.91 Å². The number of Topliss-reactive ketones (excluding diaryl/α,β-unsaturated/α-hetero) is 1. The maximum Gasteiger partial charge on any atom is 0.268 e. The number of ketones is 1. The van der Waals surface area contributed by atoms with Gasteiger partial charge < -0.3 is 9.47 Å². The number of carbonyl (C=O) groups is 2. The lowest BCUT2D eigenvalue weighted by atomic mass is 10.1. The van der Waals surface area contributed by atoms with Gasteiger partial charge in [0.05, 0.1) is 30.0 Å². The van der Waals surface area contributed by atoms with E-state index in [1.54, 1.807) is 49.6 Å². The quantitative estimate of drug-likeness (QED) is 0.594. The molecule has 0 N–H and O–H groups in total. The molecule has 1 aliphatic heterocycles. The summed E-state index contributed by atoms with van der Waals surface area (Å²) in [5.74, 6) is 0.748. The summed E-state index contributed by atoms with van der Waals surface area (Å²) in [4.78, 5) is 31.7. The first kappa shape index (κ1) is 19.1. The number of aryl methyl sites for hydroxylation is 1. The third-order valence-electron chi connectivity index (χ3n) is 4.78. The number of hydrogen-bond acceptors (Lipinski definition) is 6. The van der Waals surface area contributed by atoms with Crippen LogP contribution < -0.4 is 14.4 Å². The Labute approximate surface area is 172 Å². The van der Waals surface area contributed by atoms with E-state index in [0.717, 1.165) is 16.3 Å². The van der Waals surface area contributed by atoms with Crippen LogP contribution in [-0.4, -0.2) is 36.4 Å². The van der Waals surface area contributed by atoms with Crippen molar-refractivity contribution in [3.63, 3.8) is 0 Å². The number of anilines is 1. The van der Waals surface area contributed by atoms with E-state index in [2.05, 4.69) is 4.98 Å². The lowest BCUT2D eigenvalue weighted by molar-refractivity contribution is -0.125. The molecule has 1 aromatic heterocycles.